The Morgan fingerprint density at radius 2 is 1.64 bits per heavy atom. The molecule has 33 heavy (non-hydrogen) atoms. The van der Waals surface area contributed by atoms with E-state index in [2.05, 4.69) is 20.9 Å². The Morgan fingerprint density at radius 3 is 2.42 bits per heavy atom. The standard InChI is InChI=1S/C26H25N5O2/c27-24-14-13-18(16-28-24)17-29-25(32)23(31-26(33)30-21-10-2-1-3-11-21)15-20-9-6-8-19-7-4-5-12-22(19)20/h1-14,16,23H,15,17H2,(H2,27,28)(H,29,32)(H2,30,31,33)/t23-/m0/s1. The fourth-order valence-electron chi connectivity index (χ4n) is 3.60. The zero-order valence-electron chi connectivity index (χ0n) is 18.0. The van der Waals surface area contributed by atoms with Gasteiger partial charge in [-0.15, -0.1) is 0 Å². The SMILES string of the molecule is Nc1ccc(CNC(=O)[C@H](Cc2cccc3ccccc23)NC(=O)Nc2ccccc2)cn1. The second-order valence-corrected chi connectivity index (χ2v) is 7.67. The quantitative estimate of drug-likeness (QED) is 0.350. The van der Waals surface area contributed by atoms with Crippen LogP contribution in [0.1, 0.15) is 11.1 Å². The summed E-state index contributed by atoms with van der Waals surface area (Å²) >= 11 is 0. The first-order chi connectivity index (χ1) is 16.1. The van der Waals surface area contributed by atoms with Gasteiger partial charge in [0.2, 0.25) is 5.91 Å². The van der Waals surface area contributed by atoms with Gasteiger partial charge in [-0.2, -0.15) is 0 Å². The number of para-hydroxylation sites is 1. The molecular weight excluding hydrogens is 414 g/mol. The molecule has 0 unspecified atom stereocenters. The molecular formula is C26H25N5O2. The van der Waals surface area contributed by atoms with Gasteiger partial charge in [0.05, 0.1) is 0 Å². The van der Waals surface area contributed by atoms with Crippen LogP contribution in [-0.4, -0.2) is 23.0 Å². The molecule has 0 bridgehead atoms. The summed E-state index contributed by atoms with van der Waals surface area (Å²) in [5.74, 6) is 0.126. The van der Waals surface area contributed by atoms with Gasteiger partial charge >= 0.3 is 6.03 Å². The molecule has 3 amide bonds. The molecule has 1 heterocycles. The van der Waals surface area contributed by atoms with Crippen molar-refractivity contribution in [2.24, 2.45) is 0 Å². The number of fused-ring (bicyclic) bond motifs is 1. The molecule has 1 atom stereocenters. The van der Waals surface area contributed by atoms with Gasteiger partial charge in [-0.05, 0) is 40.1 Å². The van der Waals surface area contributed by atoms with Crippen molar-refractivity contribution in [1.29, 1.82) is 0 Å². The highest BCUT2D eigenvalue weighted by atomic mass is 16.2. The zero-order chi connectivity index (χ0) is 23.0. The fourth-order valence-corrected chi connectivity index (χ4v) is 3.60. The molecule has 0 aliphatic heterocycles. The number of amides is 3. The van der Waals surface area contributed by atoms with E-state index in [0.717, 1.165) is 21.9 Å². The number of aromatic nitrogens is 1. The largest absolute Gasteiger partial charge is 0.384 e. The minimum absolute atomic E-state index is 0.278. The number of nitrogens with two attached hydrogens (primary N) is 1. The summed E-state index contributed by atoms with van der Waals surface area (Å²) in [7, 11) is 0. The van der Waals surface area contributed by atoms with Crippen molar-refractivity contribution < 1.29 is 9.59 Å². The number of anilines is 2. The molecule has 5 N–H and O–H groups in total. The molecule has 7 nitrogen and oxygen atoms in total. The lowest BCUT2D eigenvalue weighted by Crippen LogP contribution is -2.49. The van der Waals surface area contributed by atoms with Gasteiger partial charge in [0.25, 0.3) is 0 Å². The molecule has 1 aromatic heterocycles. The lowest BCUT2D eigenvalue weighted by Gasteiger charge is -2.20. The highest BCUT2D eigenvalue weighted by Gasteiger charge is 2.22. The van der Waals surface area contributed by atoms with E-state index in [-0.39, 0.29) is 12.5 Å². The van der Waals surface area contributed by atoms with Crippen LogP contribution in [0, 0.1) is 0 Å². The summed E-state index contributed by atoms with van der Waals surface area (Å²) in [5.41, 5.74) is 8.06. The predicted molar refractivity (Wildman–Crippen MR) is 131 cm³/mol. The van der Waals surface area contributed by atoms with Gasteiger partial charge in [0.15, 0.2) is 0 Å². The maximum Gasteiger partial charge on any atom is 0.319 e. The van der Waals surface area contributed by atoms with Gasteiger partial charge in [-0.1, -0.05) is 66.7 Å². The van der Waals surface area contributed by atoms with Gasteiger partial charge < -0.3 is 21.7 Å². The van der Waals surface area contributed by atoms with Crippen molar-refractivity contribution in [2.45, 2.75) is 19.0 Å². The second-order valence-electron chi connectivity index (χ2n) is 7.67. The Bertz CT molecular complexity index is 1240. The van der Waals surface area contributed by atoms with Gasteiger partial charge in [-0.25, -0.2) is 9.78 Å². The van der Waals surface area contributed by atoms with Crippen LogP contribution in [0.15, 0.2) is 91.1 Å². The number of benzene rings is 3. The summed E-state index contributed by atoms with van der Waals surface area (Å²) in [6.45, 7) is 0.278. The van der Waals surface area contributed by atoms with Crippen LogP contribution in [0.2, 0.25) is 0 Å². The topological polar surface area (TPSA) is 109 Å². The summed E-state index contributed by atoms with van der Waals surface area (Å²) in [6.07, 6.45) is 1.96. The molecule has 0 aliphatic carbocycles. The van der Waals surface area contributed by atoms with Gasteiger partial charge in [0.1, 0.15) is 11.9 Å². The number of urea groups is 1. The van der Waals surface area contributed by atoms with Crippen LogP contribution in [0.5, 0.6) is 0 Å². The average molecular weight is 440 g/mol. The number of nitrogens with one attached hydrogen (secondary N) is 3. The monoisotopic (exact) mass is 439 g/mol. The second kappa shape index (κ2) is 10.3. The van der Waals surface area contributed by atoms with Crippen LogP contribution in [0.4, 0.5) is 16.3 Å². The minimum atomic E-state index is -0.777. The first-order valence-corrected chi connectivity index (χ1v) is 10.7. The molecule has 0 saturated carbocycles. The smallest absolute Gasteiger partial charge is 0.319 e. The van der Waals surface area contributed by atoms with E-state index in [9.17, 15) is 9.59 Å². The fraction of sp³-hybridized carbons (Fsp3) is 0.115. The van der Waals surface area contributed by atoms with Crippen LogP contribution in [-0.2, 0) is 17.8 Å². The predicted octanol–water partition coefficient (Wildman–Crippen LogP) is 3.87. The highest BCUT2D eigenvalue weighted by Crippen LogP contribution is 2.20. The molecule has 0 spiro atoms. The van der Waals surface area contributed by atoms with E-state index in [4.69, 9.17) is 5.73 Å². The molecule has 0 radical (unpaired) electrons. The Labute approximate surface area is 192 Å². The number of nitrogen functional groups attached to an aromatic ring is 1. The molecule has 7 heteroatoms. The van der Waals surface area contributed by atoms with Crippen molar-refractivity contribution in [3.8, 4) is 0 Å². The Kier molecular flexibility index (Phi) is 6.80. The normalized spacial score (nSPS) is 11.5. The molecule has 0 fully saturated rings. The molecule has 4 aromatic rings. The van der Waals surface area contributed by atoms with E-state index >= 15 is 0 Å². The van der Waals surface area contributed by atoms with E-state index in [1.807, 2.05) is 60.7 Å². The van der Waals surface area contributed by atoms with Crippen LogP contribution >= 0.6 is 0 Å². The van der Waals surface area contributed by atoms with E-state index in [0.29, 0.717) is 17.9 Å². The van der Waals surface area contributed by atoms with Gasteiger partial charge in [0, 0.05) is 24.8 Å². The summed E-state index contributed by atoms with van der Waals surface area (Å²) in [6, 6.07) is 25.3. The van der Waals surface area contributed by atoms with E-state index in [1.54, 1.807) is 30.5 Å². The van der Waals surface area contributed by atoms with Crippen LogP contribution in [0.25, 0.3) is 10.8 Å². The molecule has 4 rings (SSSR count). The van der Waals surface area contributed by atoms with Crippen molar-refractivity contribution in [3.63, 3.8) is 0 Å². The van der Waals surface area contributed by atoms with Crippen LogP contribution in [0.3, 0.4) is 0 Å². The van der Waals surface area contributed by atoms with Crippen LogP contribution < -0.4 is 21.7 Å². The summed E-state index contributed by atoms with van der Waals surface area (Å²) in [4.78, 5) is 29.8. The maximum atomic E-state index is 13.1. The highest BCUT2D eigenvalue weighted by molar-refractivity contribution is 5.94. The third kappa shape index (κ3) is 5.86. The number of hydrogen-bond acceptors (Lipinski definition) is 4. The van der Waals surface area contributed by atoms with Crippen molar-refractivity contribution in [2.75, 3.05) is 11.1 Å². The number of nitrogens with zero attached hydrogens (tertiary/aromatic N) is 1. The average Bonchev–Trinajstić information content (AvgIpc) is 2.84. The Morgan fingerprint density at radius 1 is 0.879 bits per heavy atom. The van der Waals surface area contributed by atoms with E-state index < -0.39 is 12.1 Å². The van der Waals surface area contributed by atoms with Crippen molar-refractivity contribution in [3.05, 3.63) is 102 Å². The first-order valence-electron chi connectivity index (χ1n) is 10.7. The number of carbonyl (C=O) groups is 2. The van der Waals surface area contributed by atoms with Gasteiger partial charge in [-0.3, -0.25) is 4.79 Å². The molecule has 0 aliphatic rings. The zero-order valence-corrected chi connectivity index (χ0v) is 18.0. The van der Waals surface area contributed by atoms with E-state index in [1.165, 1.54) is 0 Å². The lowest BCUT2D eigenvalue weighted by atomic mass is 9.98. The molecule has 3 aromatic carbocycles. The first kappa shape index (κ1) is 21.8. The maximum absolute atomic E-state index is 13.1. The summed E-state index contributed by atoms with van der Waals surface area (Å²) < 4.78 is 0. The molecule has 166 valence electrons. The molecule has 0 saturated heterocycles. The third-order valence-electron chi connectivity index (χ3n) is 5.27. The summed E-state index contributed by atoms with van der Waals surface area (Å²) in [5, 5.41) is 10.6. The Balaban J connectivity index is 1.52. The number of rotatable bonds is 7. The number of carbonyl (C=O) groups excluding carboxylic acids is 2. The Hall–Kier alpha value is -4.39. The van der Waals surface area contributed by atoms with Crippen molar-refractivity contribution >= 4 is 34.2 Å². The van der Waals surface area contributed by atoms with Crippen molar-refractivity contribution in [1.82, 2.24) is 15.6 Å². The third-order valence-corrected chi connectivity index (χ3v) is 5.27. The number of pyridine rings is 1. The lowest BCUT2D eigenvalue weighted by molar-refractivity contribution is -0.123. The number of hydrogen-bond donors (Lipinski definition) is 4. The minimum Gasteiger partial charge on any atom is -0.384 e.